The molecular formula is C75H83F6N15O12S3. The Bertz CT molecular complexity index is 5130. The minimum absolute atomic E-state index is 0.0513. The molecule has 0 spiro atoms. The van der Waals surface area contributed by atoms with Gasteiger partial charge in [0.25, 0.3) is 0 Å². The first kappa shape index (κ1) is 89.7. The van der Waals surface area contributed by atoms with Crippen molar-refractivity contribution < 1.29 is 80.6 Å². The van der Waals surface area contributed by atoms with Gasteiger partial charge in [0.1, 0.15) is 5.75 Å². The molecule has 36 heteroatoms. The summed E-state index contributed by atoms with van der Waals surface area (Å²) in [6, 6.07) is 54.0. The lowest BCUT2D eigenvalue weighted by molar-refractivity contribution is -0.166. The summed E-state index contributed by atoms with van der Waals surface area (Å²) in [7, 11) is -9.56. The van der Waals surface area contributed by atoms with Crippen LogP contribution >= 0.6 is 0 Å². The molecule has 11 aromatic rings. The number of hydrogen-bond donors (Lipinski definition) is 7. The Morgan fingerprint density at radius 2 is 0.865 bits per heavy atom. The summed E-state index contributed by atoms with van der Waals surface area (Å²) in [6.45, 7) is 19.0. The molecule has 0 radical (unpaired) electrons. The van der Waals surface area contributed by atoms with Crippen LogP contribution < -0.4 is 18.9 Å². The highest BCUT2D eigenvalue weighted by Crippen LogP contribution is 2.34. The monoisotopic (exact) mass is 1600 g/mol. The summed E-state index contributed by atoms with van der Waals surface area (Å²) < 4.78 is 160. The Kier molecular flexibility index (Phi) is 32.7. The zero-order valence-corrected chi connectivity index (χ0v) is 64.7. The fourth-order valence-corrected chi connectivity index (χ4v) is 11.7. The number of carbonyl (C=O) groups is 4. The van der Waals surface area contributed by atoms with Gasteiger partial charge in [0.05, 0.1) is 41.8 Å². The molecule has 0 aliphatic rings. The Morgan fingerprint density at radius 1 is 0.441 bits per heavy atom. The number of nitrogens with zero attached hydrogens (tertiary/aromatic N) is 9. The Hall–Kier alpha value is -11.9. The number of ether oxygens (including phenoxy) is 1. The van der Waals surface area contributed by atoms with Crippen LogP contribution in [0.3, 0.4) is 0 Å². The molecule has 0 bridgehead atoms. The lowest BCUT2D eigenvalue weighted by Crippen LogP contribution is -2.43. The number of alkyl halides is 6. The predicted octanol–water partition coefficient (Wildman–Crippen LogP) is 11.7. The molecule has 0 atom stereocenters. The number of rotatable bonds is 20. The number of hydrogen-bond acceptors (Lipinski definition) is 20. The van der Waals surface area contributed by atoms with Crippen molar-refractivity contribution in [3.05, 3.63) is 272 Å². The molecule has 0 saturated heterocycles. The van der Waals surface area contributed by atoms with Gasteiger partial charge in [-0.15, -0.1) is 30.6 Å². The number of carboxylic acid groups (broad SMARTS) is 1. The SMILES string of the molecule is CCS(=O)(=O)NC(=O)C(C)(C)c1cccc(C)c1.CCS(=O)(=O)NC(=O)C(F)(F)c1cccc(C)c1.COc1ccc(C)cc1-c1nn[nH]n1.Cc1cccc(-c2nn[nH]n2)c1.Cc1cccc(C(F)(F)C(=O)O)c1.Cc1cccc(C(F)(F)c2nn[nH]n2)c1.Cc1cccc(CC(=O)NS(=O)(=O)Cc2ccccc2)c1. The smallest absolute Gasteiger partial charge is 0.379 e. The van der Waals surface area contributed by atoms with E-state index in [1.165, 1.54) is 48.4 Å². The van der Waals surface area contributed by atoms with Crippen molar-refractivity contribution in [2.75, 3.05) is 18.6 Å². The number of amides is 3. The van der Waals surface area contributed by atoms with E-state index >= 15 is 0 Å². The molecule has 8 aromatic carbocycles. The molecule has 0 unspecified atom stereocenters. The van der Waals surface area contributed by atoms with Crippen LogP contribution in [0.2, 0.25) is 0 Å². The van der Waals surface area contributed by atoms with Crippen molar-refractivity contribution in [2.45, 2.75) is 112 Å². The highest BCUT2D eigenvalue weighted by Gasteiger charge is 2.43. The number of methoxy groups -OCH3 is 1. The molecule has 0 aliphatic heterocycles. The summed E-state index contributed by atoms with van der Waals surface area (Å²) in [6.07, 6.45) is 0.0513. The van der Waals surface area contributed by atoms with E-state index in [1.54, 1.807) is 96.3 Å². The highest BCUT2D eigenvalue weighted by molar-refractivity contribution is 7.90. The van der Waals surface area contributed by atoms with E-state index in [4.69, 9.17) is 9.84 Å². The van der Waals surface area contributed by atoms with Crippen LogP contribution in [0.5, 0.6) is 5.75 Å². The number of benzene rings is 8. The fourth-order valence-electron chi connectivity index (χ4n) is 9.37. The molecule has 111 heavy (non-hydrogen) atoms. The van der Waals surface area contributed by atoms with Crippen molar-refractivity contribution in [1.29, 1.82) is 0 Å². The maximum absolute atomic E-state index is 13.7. The zero-order valence-electron chi connectivity index (χ0n) is 62.3. The molecule has 3 amide bonds. The largest absolute Gasteiger partial charge is 0.496 e. The van der Waals surface area contributed by atoms with Crippen molar-refractivity contribution in [3.8, 4) is 28.5 Å². The Morgan fingerprint density at radius 3 is 1.33 bits per heavy atom. The van der Waals surface area contributed by atoms with Gasteiger partial charge in [-0.2, -0.15) is 42.0 Å². The van der Waals surface area contributed by atoms with Crippen molar-refractivity contribution in [3.63, 3.8) is 0 Å². The molecule has 590 valence electrons. The van der Waals surface area contributed by atoms with Gasteiger partial charge in [-0.05, 0) is 145 Å². The third-order valence-corrected chi connectivity index (χ3v) is 19.1. The van der Waals surface area contributed by atoms with Crippen LogP contribution in [-0.2, 0) is 84.6 Å². The number of aryl methyl sites for hydroxylation is 7. The second-order valence-electron chi connectivity index (χ2n) is 25.0. The van der Waals surface area contributed by atoms with Crippen LogP contribution in [0.1, 0.15) is 106 Å². The van der Waals surface area contributed by atoms with Crippen LogP contribution in [0, 0.1) is 48.5 Å². The van der Waals surface area contributed by atoms with E-state index in [0.717, 1.165) is 74.5 Å². The number of H-pyrrole nitrogens is 3. The average Bonchev–Trinajstić information content (AvgIpc) is 1.81. The van der Waals surface area contributed by atoms with Gasteiger partial charge in [-0.3, -0.25) is 23.8 Å². The molecule has 3 heterocycles. The number of aliphatic carboxylic acids is 1. The number of carbonyl (C=O) groups excluding carboxylic acids is 3. The van der Waals surface area contributed by atoms with Crippen molar-refractivity contribution >= 4 is 53.8 Å². The Balaban J connectivity index is 0.000000233. The predicted molar refractivity (Wildman–Crippen MR) is 403 cm³/mol. The van der Waals surface area contributed by atoms with E-state index in [1.807, 2.05) is 124 Å². The minimum atomic E-state index is -4.00. The van der Waals surface area contributed by atoms with E-state index in [2.05, 4.69) is 66.1 Å². The number of nitrogens with one attached hydrogen (secondary N) is 6. The first-order valence-electron chi connectivity index (χ1n) is 33.3. The fraction of sp³-hybridized carbons (Fsp3) is 0.267. The van der Waals surface area contributed by atoms with Crippen molar-refractivity contribution in [2.24, 2.45) is 0 Å². The summed E-state index contributed by atoms with van der Waals surface area (Å²) in [5.74, 6) is -15.3. The maximum Gasteiger partial charge on any atom is 0.379 e. The van der Waals surface area contributed by atoms with Gasteiger partial charge in [0.2, 0.25) is 59.4 Å². The minimum Gasteiger partial charge on any atom is -0.496 e. The third kappa shape index (κ3) is 28.6. The van der Waals surface area contributed by atoms with E-state index < -0.39 is 99.6 Å². The second-order valence-corrected chi connectivity index (χ2v) is 30.8. The summed E-state index contributed by atoms with van der Waals surface area (Å²) in [5, 5.41) is 47.4. The Labute approximate surface area is 638 Å². The molecule has 0 aliphatic carbocycles. The number of halogens is 6. The lowest BCUT2D eigenvalue weighted by Gasteiger charge is -2.24. The average molecular weight is 1600 g/mol. The van der Waals surface area contributed by atoms with Gasteiger partial charge < -0.3 is 9.84 Å². The van der Waals surface area contributed by atoms with Gasteiger partial charge in [-0.25, -0.2) is 34.8 Å². The summed E-state index contributed by atoms with van der Waals surface area (Å²) in [5.41, 5.74) is 8.35. The van der Waals surface area contributed by atoms with E-state index in [9.17, 15) is 70.8 Å². The van der Waals surface area contributed by atoms with Crippen LogP contribution in [0.4, 0.5) is 26.3 Å². The standard InChI is InChI=1S/C16H17NO3S.C13H19NO3S.C11H13F2NO3S.C9H8F2N4.C9H8F2O2.C9H10N4O.C8H8N4/c1-13-6-5-9-15(10-13)11-16(18)17-21(19,20)12-14-7-3-2-4-8-14;1-5-18(16,17)14-12(15)13(3,4)11-8-6-7-10(2)9-11;1-3-18(16,17)14-10(15)11(12,13)9-6-4-5-8(2)7-9;1-6-3-2-4-7(5-6)9(10,11)8-12-14-15-13-8;1-6-3-2-4-7(5-6)9(10,11)8(12)13;1-6-3-4-8(14-2)7(5-6)9-10-12-13-11-9;1-6-3-2-4-7(5-6)8-9-11-12-10-8/h2-10H,11-12H2,1H3,(H,17,18);6-9H,5H2,1-4H3,(H,14,15);4-7H,3H2,1-2H3,(H,14,15);2-5H,1H3,(H,12,13,14,15);2-5H,1H3,(H,12,13);3-5H,1-2H3,(H,10,11,12,13);2-5H,1H3,(H,9,10,11,12). The van der Waals surface area contributed by atoms with Gasteiger partial charge >= 0.3 is 29.6 Å². The van der Waals surface area contributed by atoms with Gasteiger partial charge in [0.15, 0.2) is 0 Å². The normalized spacial score (nSPS) is 11.3. The molecule has 7 N–H and O–H groups in total. The molecule has 27 nitrogen and oxygen atoms in total. The number of aromatic amines is 3. The zero-order chi connectivity index (χ0) is 82.5. The third-order valence-electron chi connectivity index (χ3n) is 15.4. The first-order chi connectivity index (χ1) is 52.0. The molecule has 3 aromatic heterocycles. The number of sulfonamides is 3. The number of aromatic nitrogens is 12. The van der Waals surface area contributed by atoms with Crippen LogP contribution in [-0.4, -0.2) is 135 Å². The number of tetrazole rings is 3. The molecule has 0 fully saturated rings. The lowest BCUT2D eigenvalue weighted by atomic mass is 9.83. The van der Waals surface area contributed by atoms with E-state index in [0.29, 0.717) is 28.3 Å². The highest BCUT2D eigenvalue weighted by atomic mass is 32.2. The second kappa shape index (κ2) is 40.5. The first-order valence-corrected chi connectivity index (χ1v) is 38.3. The molecule has 11 rings (SSSR count). The van der Waals surface area contributed by atoms with Crippen LogP contribution in [0.25, 0.3) is 22.8 Å². The van der Waals surface area contributed by atoms with E-state index in [-0.39, 0.29) is 23.5 Å². The maximum atomic E-state index is 13.7. The van der Waals surface area contributed by atoms with Gasteiger partial charge in [0, 0.05) is 22.3 Å². The topological polar surface area (TPSA) is 400 Å². The summed E-state index contributed by atoms with van der Waals surface area (Å²) >= 11 is 0. The molecule has 0 saturated carbocycles. The number of carboxylic acids is 1. The molecular weight excluding hydrogens is 1510 g/mol. The summed E-state index contributed by atoms with van der Waals surface area (Å²) in [4.78, 5) is 45.4. The van der Waals surface area contributed by atoms with Gasteiger partial charge in [-0.1, -0.05) is 197 Å². The van der Waals surface area contributed by atoms with Crippen molar-refractivity contribution in [1.82, 2.24) is 76.0 Å². The quantitative estimate of drug-likeness (QED) is 0.0348. The van der Waals surface area contributed by atoms with Crippen LogP contribution in [0.15, 0.2) is 194 Å².